The first-order valence-corrected chi connectivity index (χ1v) is 8.11. The highest BCUT2D eigenvalue weighted by Crippen LogP contribution is 2.28. The molecule has 1 aromatic heterocycles. The largest absolute Gasteiger partial charge is 0.363 e. The molecular weight excluding hydrogens is 320 g/mol. The van der Waals surface area contributed by atoms with Crippen molar-refractivity contribution in [1.29, 1.82) is 0 Å². The summed E-state index contributed by atoms with van der Waals surface area (Å²) in [5.41, 5.74) is 0.0630. The first-order valence-electron chi connectivity index (χ1n) is 6.62. The number of hydrogen-bond donors (Lipinski definition) is 1. The van der Waals surface area contributed by atoms with Gasteiger partial charge in [0.25, 0.3) is 15.7 Å². The number of nitro benzene ring substituents is 1. The second-order valence-electron chi connectivity index (χ2n) is 5.09. The lowest BCUT2D eigenvalue weighted by Crippen LogP contribution is -2.17. The van der Waals surface area contributed by atoms with Crippen LogP contribution in [0, 0.1) is 17.0 Å². The number of nitro groups is 1. The van der Waals surface area contributed by atoms with Crippen molar-refractivity contribution in [3.05, 3.63) is 52.2 Å². The lowest BCUT2D eigenvalue weighted by molar-refractivity contribution is -0.387. The fourth-order valence-corrected chi connectivity index (χ4v) is 3.49. The van der Waals surface area contributed by atoms with Gasteiger partial charge in [0.2, 0.25) is 0 Å². The first-order chi connectivity index (χ1) is 10.7. The van der Waals surface area contributed by atoms with Gasteiger partial charge in [0.05, 0.1) is 16.8 Å². The van der Waals surface area contributed by atoms with E-state index in [0.717, 1.165) is 6.07 Å². The average molecular weight is 336 g/mol. The zero-order valence-corrected chi connectivity index (χ0v) is 13.7. The van der Waals surface area contributed by atoms with Crippen LogP contribution in [0.25, 0.3) is 0 Å². The van der Waals surface area contributed by atoms with Crippen LogP contribution in [0.2, 0.25) is 0 Å². The molecule has 0 saturated heterocycles. The second kappa shape index (κ2) is 6.21. The van der Waals surface area contributed by atoms with Gasteiger partial charge < -0.3 is 4.90 Å². The Balaban J connectivity index is 2.42. The number of nitrogens with one attached hydrogen (secondary N) is 1. The van der Waals surface area contributed by atoms with Crippen LogP contribution in [-0.4, -0.2) is 32.4 Å². The number of benzene rings is 1. The third kappa shape index (κ3) is 3.57. The van der Waals surface area contributed by atoms with Gasteiger partial charge in [-0.25, -0.2) is 13.4 Å². The van der Waals surface area contributed by atoms with Gasteiger partial charge in [0.15, 0.2) is 4.90 Å². The van der Waals surface area contributed by atoms with Gasteiger partial charge in [-0.2, -0.15) is 0 Å². The number of pyridine rings is 1. The molecule has 23 heavy (non-hydrogen) atoms. The summed E-state index contributed by atoms with van der Waals surface area (Å²) in [5.74, 6) is 0.662. The highest BCUT2D eigenvalue weighted by atomic mass is 32.2. The van der Waals surface area contributed by atoms with Crippen molar-refractivity contribution in [1.82, 2.24) is 4.98 Å². The Labute approximate surface area is 134 Å². The summed E-state index contributed by atoms with van der Waals surface area (Å²) in [6.07, 6.45) is 1.36. The number of aryl methyl sites for hydroxylation is 1. The Hall–Kier alpha value is -2.68. The summed E-state index contributed by atoms with van der Waals surface area (Å²) >= 11 is 0. The molecular formula is C14H16N4O4S. The molecule has 0 saturated carbocycles. The van der Waals surface area contributed by atoms with Gasteiger partial charge in [0, 0.05) is 20.2 Å². The summed E-state index contributed by atoms with van der Waals surface area (Å²) < 4.78 is 27.3. The van der Waals surface area contributed by atoms with E-state index in [0.29, 0.717) is 11.4 Å². The van der Waals surface area contributed by atoms with Crippen molar-refractivity contribution in [2.45, 2.75) is 11.8 Å². The fourth-order valence-electron chi connectivity index (χ4n) is 2.05. The molecule has 0 atom stereocenters. The molecule has 122 valence electrons. The molecule has 1 aromatic carbocycles. The van der Waals surface area contributed by atoms with E-state index in [9.17, 15) is 18.5 Å². The maximum atomic E-state index is 12.5. The summed E-state index contributed by atoms with van der Waals surface area (Å²) in [6, 6.07) is 7.30. The molecule has 0 aliphatic heterocycles. The van der Waals surface area contributed by atoms with Crippen LogP contribution < -0.4 is 9.62 Å². The van der Waals surface area contributed by atoms with E-state index >= 15 is 0 Å². The van der Waals surface area contributed by atoms with E-state index < -0.39 is 20.6 Å². The van der Waals surface area contributed by atoms with Gasteiger partial charge >= 0.3 is 0 Å². The quantitative estimate of drug-likeness (QED) is 0.662. The monoisotopic (exact) mass is 336 g/mol. The molecule has 0 unspecified atom stereocenters. The first kappa shape index (κ1) is 16.7. The zero-order valence-electron chi connectivity index (χ0n) is 12.8. The van der Waals surface area contributed by atoms with Crippen LogP contribution in [0.1, 0.15) is 5.56 Å². The minimum absolute atomic E-state index is 0.230. The molecule has 1 N–H and O–H groups in total. The number of rotatable bonds is 5. The molecule has 2 rings (SSSR count). The second-order valence-corrected chi connectivity index (χ2v) is 6.70. The van der Waals surface area contributed by atoms with Crippen molar-refractivity contribution in [3.8, 4) is 0 Å². The van der Waals surface area contributed by atoms with Crippen molar-refractivity contribution in [2.75, 3.05) is 23.7 Å². The molecule has 0 bridgehead atoms. The smallest absolute Gasteiger partial charge is 0.290 e. The third-order valence-corrected chi connectivity index (χ3v) is 4.69. The van der Waals surface area contributed by atoms with E-state index in [1.807, 2.05) is 14.1 Å². The van der Waals surface area contributed by atoms with E-state index in [2.05, 4.69) is 9.71 Å². The van der Waals surface area contributed by atoms with Crippen LogP contribution in [0.5, 0.6) is 0 Å². The van der Waals surface area contributed by atoms with Crippen LogP contribution in [-0.2, 0) is 10.0 Å². The predicted molar refractivity (Wildman–Crippen MR) is 87.2 cm³/mol. The molecule has 1 heterocycles. The van der Waals surface area contributed by atoms with Gasteiger partial charge in [-0.05, 0) is 24.6 Å². The Morgan fingerprint density at radius 2 is 1.91 bits per heavy atom. The Bertz CT molecular complexity index is 832. The third-order valence-electron chi connectivity index (χ3n) is 3.11. The van der Waals surface area contributed by atoms with E-state index in [-0.39, 0.29) is 10.6 Å². The Morgan fingerprint density at radius 1 is 1.22 bits per heavy atom. The van der Waals surface area contributed by atoms with Crippen LogP contribution in [0.3, 0.4) is 0 Å². The van der Waals surface area contributed by atoms with Crippen molar-refractivity contribution in [2.24, 2.45) is 0 Å². The molecule has 0 fully saturated rings. The number of nitrogens with zero attached hydrogens (tertiary/aromatic N) is 3. The number of aromatic nitrogens is 1. The minimum Gasteiger partial charge on any atom is -0.363 e. The molecule has 2 aromatic rings. The lowest BCUT2D eigenvalue weighted by Gasteiger charge is -2.13. The topological polar surface area (TPSA) is 105 Å². The summed E-state index contributed by atoms with van der Waals surface area (Å²) in [4.78, 5) is 15.9. The number of hydrogen-bond acceptors (Lipinski definition) is 6. The van der Waals surface area contributed by atoms with Gasteiger partial charge in [-0.1, -0.05) is 12.1 Å². The van der Waals surface area contributed by atoms with Gasteiger partial charge in [0.1, 0.15) is 5.82 Å². The van der Waals surface area contributed by atoms with Crippen LogP contribution in [0.15, 0.2) is 41.4 Å². The van der Waals surface area contributed by atoms with E-state index in [1.165, 1.54) is 25.3 Å². The fraction of sp³-hybridized carbons (Fsp3) is 0.214. The zero-order chi connectivity index (χ0) is 17.2. The minimum atomic E-state index is -4.10. The SMILES string of the molecule is Cc1cccc([N+](=O)[O-])c1S(=O)(=O)Nc1ccc(N(C)C)nc1. The Kier molecular flexibility index (Phi) is 4.50. The van der Waals surface area contributed by atoms with Crippen molar-refractivity contribution in [3.63, 3.8) is 0 Å². The highest BCUT2D eigenvalue weighted by Gasteiger charge is 2.27. The van der Waals surface area contributed by atoms with Crippen LogP contribution in [0.4, 0.5) is 17.2 Å². The molecule has 8 nitrogen and oxygen atoms in total. The number of sulfonamides is 1. The van der Waals surface area contributed by atoms with E-state index in [4.69, 9.17) is 0 Å². The maximum Gasteiger partial charge on any atom is 0.290 e. The Morgan fingerprint density at radius 3 is 2.43 bits per heavy atom. The average Bonchev–Trinajstić information content (AvgIpc) is 2.46. The summed E-state index contributed by atoms with van der Waals surface area (Å²) in [7, 11) is -0.481. The van der Waals surface area contributed by atoms with Crippen molar-refractivity contribution >= 4 is 27.2 Å². The van der Waals surface area contributed by atoms with E-state index in [1.54, 1.807) is 17.0 Å². The normalized spacial score (nSPS) is 11.1. The molecule has 0 radical (unpaired) electrons. The van der Waals surface area contributed by atoms with Crippen molar-refractivity contribution < 1.29 is 13.3 Å². The summed E-state index contributed by atoms with van der Waals surface area (Å²) in [6.45, 7) is 1.51. The molecule has 9 heteroatoms. The number of anilines is 2. The molecule has 0 amide bonds. The molecule has 0 aliphatic rings. The maximum absolute atomic E-state index is 12.5. The molecule has 0 aliphatic carbocycles. The van der Waals surface area contributed by atoms with Crippen LogP contribution >= 0.6 is 0 Å². The van der Waals surface area contributed by atoms with Gasteiger partial charge in [-0.3, -0.25) is 14.8 Å². The molecule has 0 spiro atoms. The standard InChI is InChI=1S/C14H16N4O4S/c1-10-5-4-6-12(18(19)20)14(10)23(21,22)16-11-7-8-13(15-9-11)17(2)3/h4-9,16H,1-3H3. The highest BCUT2D eigenvalue weighted by molar-refractivity contribution is 7.93. The lowest BCUT2D eigenvalue weighted by atomic mass is 10.2. The predicted octanol–water partition coefficient (Wildman–Crippen LogP) is 2.17. The van der Waals surface area contributed by atoms with Gasteiger partial charge in [-0.15, -0.1) is 0 Å². The summed E-state index contributed by atoms with van der Waals surface area (Å²) in [5, 5.41) is 11.1.